The Hall–Kier alpha value is -0.653. The zero-order valence-corrected chi connectivity index (χ0v) is 13.8. The van der Waals surface area contributed by atoms with E-state index in [1.165, 1.54) is 0 Å². The summed E-state index contributed by atoms with van der Waals surface area (Å²) >= 11 is 0. The zero-order valence-electron chi connectivity index (χ0n) is 12.8. The number of rotatable bonds is 11. The normalized spacial score (nSPS) is 11.4. The maximum atomic E-state index is 11.3. The van der Waals surface area contributed by atoms with Crippen LogP contribution in [0.25, 0.3) is 0 Å². The Bertz CT molecular complexity index is 262. The van der Waals surface area contributed by atoms with E-state index in [1.807, 2.05) is 13.8 Å². The Morgan fingerprint density at radius 3 is 2.11 bits per heavy atom. The fourth-order valence-corrected chi connectivity index (χ4v) is 5.40. The molecular weight excluding hydrogens is 260 g/mol. The van der Waals surface area contributed by atoms with E-state index in [0.717, 1.165) is 24.9 Å². The summed E-state index contributed by atoms with van der Waals surface area (Å²) in [5.41, 5.74) is 0.437. The second kappa shape index (κ2) is 10.2. The van der Waals surface area contributed by atoms with E-state index >= 15 is 0 Å². The Morgan fingerprint density at radius 1 is 1.11 bits per heavy atom. The molecule has 0 saturated heterocycles. The number of esters is 1. The molecule has 0 N–H and O–H groups in total. The van der Waals surface area contributed by atoms with Crippen LogP contribution in [0.5, 0.6) is 0 Å². The summed E-state index contributed by atoms with van der Waals surface area (Å²) in [6.07, 6.45) is 1.84. The van der Waals surface area contributed by atoms with E-state index in [1.54, 1.807) is 6.92 Å². The first kappa shape index (κ1) is 18.3. The van der Waals surface area contributed by atoms with Crippen LogP contribution in [0.1, 0.15) is 40.5 Å². The molecule has 0 aliphatic rings. The molecule has 0 amide bonds. The highest BCUT2D eigenvalue weighted by Crippen LogP contribution is 2.23. The van der Waals surface area contributed by atoms with Crippen molar-refractivity contribution < 1.29 is 18.4 Å². The van der Waals surface area contributed by atoms with Gasteiger partial charge in [-0.25, -0.2) is 4.79 Å². The third-order valence-electron chi connectivity index (χ3n) is 2.73. The summed E-state index contributed by atoms with van der Waals surface area (Å²) in [4.78, 5) is 11.3. The summed E-state index contributed by atoms with van der Waals surface area (Å²) in [5.74, 6) is -0.324. The predicted octanol–water partition coefficient (Wildman–Crippen LogP) is 3.42. The van der Waals surface area contributed by atoms with Crippen LogP contribution in [0.2, 0.25) is 12.1 Å². The summed E-state index contributed by atoms with van der Waals surface area (Å²) < 4.78 is 17.0. The van der Waals surface area contributed by atoms with E-state index < -0.39 is 8.56 Å². The molecule has 0 spiro atoms. The van der Waals surface area contributed by atoms with E-state index in [0.29, 0.717) is 25.4 Å². The van der Waals surface area contributed by atoms with Crippen molar-refractivity contribution in [3.63, 3.8) is 0 Å². The second-order valence-electron chi connectivity index (χ2n) is 4.55. The van der Waals surface area contributed by atoms with Crippen molar-refractivity contribution in [2.75, 3.05) is 19.8 Å². The van der Waals surface area contributed by atoms with E-state index in [9.17, 15) is 4.79 Å². The molecule has 0 aliphatic carbocycles. The molecule has 5 heteroatoms. The third-order valence-corrected chi connectivity index (χ3v) is 6.74. The topological polar surface area (TPSA) is 44.8 Å². The van der Waals surface area contributed by atoms with Gasteiger partial charge in [0.2, 0.25) is 0 Å². The highest BCUT2D eigenvalue weighted by Gasteiger charge is 2.35. The predicted molar refractivity (Wildman–Crippen MR) is 79.3 cm³/mol. The van der Waals surface area contributed by atoms with Crippen LogP contribution in [0.15, 0.2) is 12.2 Å². The van der Waals surface area contributed by atoms with E-state index in [-0.39, 0.29) is 5.97 Å². The van der Waals surface area contributed by atoms with Crippen molar-refractivity contribution in [1.29, 1.82) is 0 Å². The lowest BCUT2D eigenvalue weighted by atomic mass is 10.4. The van der Waals surface area contributed by atoms with Crippen LogP contribution in [0, 0.1) is 0 Å². The smallest absolute Gasteiger partial charge is 0.338 e. The molecule has 0 bridgehead atoms. The van der Waals surface area contributed by atoms with Crippen molar-refractivity contribution in [3.05, 3.63) is 12.2 Å². The monoisotopic (exact) mass is 288 g/mol. The molecule has 19 heavy (non-hydrogen) atoms. The molecular formula is C14H28O4Si. The Kier molecular flexibility index (Phi) is 9.82. The average Bonchev–Trinajstić information content (AvgIpc) is 2.35. The van der Waals surface area contributed by atoms with Crippen molar-refractivity contribution in [3.8, 4) is 0 Å². The van der Waals surface area contributed by atoms with Crippen LogP contribution >= 0.6 is 0 Å². The Labute approximate surface area is 118 Å². The maximum Gasteiger partial charge on any atom is 0.338 e. The molecule has 0 fully saturated rings. The van der Waals surface area contributed by atoms with Crippen molar-refractivity contribution in [1.82, 2.24) is 0 Å². The van der Waals surface area contributed by atoms with Crippen LogP contribution in [-0.4, -0.2) is 34.4 Å². The van der Waals surface area contributed by atoms with Gasteiger partial charge in [-0.3, -0.25) is 0 Å². The molecule has 0 aromatic heterocycles. The van der Waals surface area contributed by atoms with Gasteiger partial charge in [0, 0.05) is 18.8 Å². The molecule has 0 aromatic carbocycles. The molecule has 0 aromatic rings. The SMILES string of the molecule is C=C(C)C(=O)OCCC[Si](CCC)(OCC)OCC. The number of ether oxygens (including phenoxy) is 1. The number of carbonyl (C=O) groups is 1. The summed E-state index contributed by atoms with van der Waals surface area (Å²) in [7, 11) is -2.11. The van der Waals surface area contributed by atoms with E-state index in [4.69, 9.17) is 13.6 Å². The lowest BCUT2D eigenvalue weighted by Gasteiger charge is -2.29. The van der Waals surface area contributed by atoms with Crippen molar-refractivity contribution in [2.45, 2.75) is 52.6 Å². The van der Waals surface area contributed by atoms with Gasteiger partial charge < -0.3 is 13.6 Å². The van der Waals surface area contributed by atoms with Gasteiger partial charge in [0.25, 0.3) is 0 Å². The average molecular weight is 288 g/mol. The lowest BCUT2D eigenvalue weighted by Crippen LogP contribution is -2.42. The van der Waals surface area contributed by atoms with Gasteiger partial charge in [0.15, 0.2) is 0 Å². The Balaban J connectivity index is 4.24. The molecule has 4 nitrogen and oxygen atoms in total. The van der Waals surface area contributed by atoms with Gasteiger partial charge in [-0.2, -0.15) is 0 Å². The molecule has 0 radical (unpaired) electrons. The first-order valence-corrected chi connectivity index (χ1v) is 9.35. The first-order chi connectivity index (χ1) is 9.01. The third kappa shape index (κ3) is 7.50. The van der Waals surface area contributed by atoms with Gasteiger partial charge in [-0.1, -0.05) is 19.9 Å². The minimum absolute atomic E-state index is 0.324. The summed E-state index contributed by atoms with van der Waals surface area (Å²) in [5, 5.41) is 0. The van der Waals surface area contributed by atoms with Crippen molar-refractivity contribution >= 4 is 14.5 Å². The van der Waals surface area contributed by atoms with Gasteiger partial charge in [0.05, 0.1) is 6.61 Å². The lowest BCUT2D eigenvalue weighted by molar-refractivity contribution is -0.138. The molecule has 0 rings (SSSR count). The first-order valence-electron chi connectivity index (χ1n) is 7.11. The molecule has 112 valence electrons. The van der Waals surface area contributed by atoms with Crippen LogP contribution in [-0.2, 0) is 18.4 Å². The maximum absolute atomic E-state index is 11.3. The quantitative estimate of drug-likeness (QED) is 0.253. The number of hydrogen-bond acceptors (Lipinski definition) is 4. The zero-order chi connectivity index (χ0) is 14.7. The summed E-state index contributed by atoms with van der Waals surface area (Å²) in [6.45, 7) is 13.1. The van der Waals surface area contributed by atoms with Gasteiger partial charge in [0.1, 0.15) is 0 Å². The minimum Gasteiger partial charge on any atom is -0.462 e. The van der Waals surface area contributed by atoms with Gasteiger partial charge in [-0.05, 0) is 39.3 Å². The Morgan fingerprint density at radius 2 is 1.68 bits per heavy atom. The molecule has 0 aliphatic heterocycles. The molecule has 0 atom stereocenters. The van der Waals surface area contributed by atoms with Crippen LogP contribution in [0.3, 0.4) is 0 Å². The summed E-state index contributed by atoms with van der Waals surface area (Å²) in [6, 6.07) is 1.86. The van der Waals surface area contributed by atoms with Crippen LogP contribution < -0.4 is 0 Å². The molecule has 0 heterocycles. The van der Waals surface area contributed by atoms with Crippen molar-refractivity contribution in [2.24, 2.45) is 0 Å². The fraction of sp³-hybridized carbons (Fsp3) is 0.786. The number of carbonyl (C=O) groups excluding carboxylic acids is 1. The standard InChI is InChI=1S/C14H28O4Si/c1-6-11-19(17-7-2,18-8-3)12-9-10-16-14(15)13(4)5/h4,6-12H2,1-3,5H3. The largest absolute Gasteiger partial charge is 0.462 e. The highest BCUT2D eigenvalue weighted by molar-refractivity contribution is 6.67. The second-order valence-corrected chi connectivity index (χ2v) is 7.95. The number of hydrogen-bond donors (Lipinski definition) is 0. The van der Waals surface area contributed by atoms with Gasteiger partial charge >= 0.3 is 14.5 Å². The molecule has 0 unspecified atom stereocenters. The highest BCUT2D eigenvalue weighted by atomic mass is 28.4. The van der Waals surface area contributed by atoms with Gasteiger partial charge in [-0.15, -0.1) is 0 Å². The van der Waals surface area contributed by atoms with E-state index in [2.05, 4.69) is 13.5 Å². The molecule has 0 saturated carbocycles. The fourth-order valence-electron chi connectivity index (χ4n) is 1.99. The van der Waals surface area contributed by atoms with Crippen LogP contribution in [0.4, 0.5) is 0 Å². The minimum atomic E-state index is -2.11.